The molecule has 2 aliphatic rings. The molecule has 1 amide bonds. The minimum Gasteiger partial charge on any atom is -0.323 e. The topological polar surface area (TPSA) is 44.7 Å². The molecule has 2 aliphatic heterocycles. The van der Waals surface area contributed by atoms with Crippen LogP contribution in [0.2, 0.25) is 0 Å². The van der Waals surface area contributed by atoms with Crippen LogP contribution in [0.25, 0.3) is 0 Å². The van der Waals surface area contributed by atoms with Gasteiger partial charge in [-0.1, -0.05) is 42.5 Å². The molecule has 4 nitrogen and oxygen atoms in total. The number of aliphatic imine (C=N–C) groups is 1. The molecule has 0 radical (unpaired) electrons. The molecular weight excluding hydrogens is 397 g/mol. The number of fused-ring (bicyclic) bond motifs is 2. The Kier molecular flexibility index (Phi) is 4.25. The number of nitrogens with one attached hydrogen (secondary N) is 1. The predicted octanol–water partition coefficient (Wildman–Crippen LogP) is 4.97. The summed E-state index contributed by atoms with van der Waals surface area (Å²) in [6.07, 6.45) is 0.315. The van der Waals surface area contributed by atoms with Crippen molar-refractivity contribution in [2.75, 3.05) is 10.2 Å². The summed E-state index contributed by atoms with van der Waals surface area (Å²) in [5, 5.41) is 3.35. The van der Waals surface area contributed by atoms with E-state index < -0.39 is 5.54 Å². The summed E-state index contributed by atoms with van der Waals surface area (Å²) >= 11 is 5.71. The van der Waals surface area contributed by atoms with Crippen molar-refractivity contribution in [1.29, 1.82) is 0 Å². The Balaban J connectivity index is 1.74. The van der Waals surface area contributed by atoms with Gasteiger partial charge in [-0.15, -0.1) is 0 Å². The smallest absolute Gasteiger partial charge is 0.255 e. The van der Waals surface area contributed by atoms with Gasteiger partial charge in [-0.25, -0.2) is 9.38 Å². The molecule has 0 fully saturated rings. The van der Waals surface area contributed by atoms with Gasteiger partial charge in [0.2, 0.25) is 5.11 Å². The summed E-state index contributed by atoms with van der Waals surface area (Å²) in [6, 6.07) is 21.7. The van der Waals surface area contributed by atoms with Gasteiger partial charge in [0.15, 0.2) is 5.54 Å². The van der Waals surface area contributed by atoms with Crippen LogP contribution < -0.4 is 10.2 Å². The first-order valence-corrected chi connectivity index (χ1v) is 10.1. The molecule has 5 rings (SSSR count). The number of carbonyl (C=O) groups excluding carboxylic acids is 1. The Labute approximate surface area is 179 Å². The molecular formula is C24H18FN3OS. The fourth-order valence-electron chi connectivity index (χ4n) is 4.27. The van der Waals surface area contributed by atoms with E-state index in [9.17, 15) is 9.18 Å². The van der Waals surface area contributed by atoms with Crippen LogP contribution in [0, 0.1) is 12.7 Å². The number of nitrogens with zero attached hydrogens (tertiary/aromatic N) is 2. The van der Waals surface area contributed by atoms with E-state index in [1.54, 1.807) is 12.1 Å². The molecule has 2 heterocycles. The fourth-order valence-corrected chi connectivity index (χ4v) is 4.65. The molecule has 0 aliphatic carbocycles. The molecule has 1 atom stereocenters. The van der Waals surface area contributed by atoms with Gasteiger partial charge in [-0.3, -0.25) is 9.69 Å². The lowest BCUT2D eigenvalue weighted by molar-refractivity contribution is -0.120. The minimum absolute atomic E-state index is 0.149. The van der Waals surface area contributed by atoms with Crippen molar-refractivity contribution < 1.29 is 9.18 Å². The molecule has 0 saturated heterocycles. The Morgan fingerprint density at radius 3 is 2.53 bits per heavy atom. The molecule has 0 unspecified atom stereocenters. The van der Waals surface area contributed by atoms with Crippen molar-refractivity contribution in [3.05, 3.63) is 95.3 Å². The lowest BCUT2D eigenvalue weighted by Gasteiger charge is -2.43. The summed E-state index contributed by atoms with van der Waals surface area (Å²) in [5.74, 6) is -0.471. The third-order valence-electron chi connectivity index (χ3n) is 5.66. The Hall–Kier alpha value is -3.38. The van der Waals surface area contributed by atoms with Crippen LogP contribution in [-0.4, -0.2) is 16.7 Å². The molecule has 30 heavy (non-hydrogen) atoms. The highest BCUT2D eigenvalue weighted by Gasteiger charge is 2.55. The summed E-state index contributed by atoms with van der Waals surface area (Å²) in [6.45, 7) is 1.99. The first-order valence-electron chi connectivity index (χ1n) is 9.64. The number of amides is 1. The van der Waals surface area contributed by atoms with Gasteiger partial charge in [0.1, 0.15) is 5.82 Å². The Morgan fingerprint density at radius 1 is 1.07 bits per heavy atom. The van der Waals surface area contributed by atoms with Crippen LogP contribution in [-0.2, 0) is 10.3 Å². The first kappa shape index (κ1) is 18.6. The zero-order valence-corrected chi connectivity index (χ0v) is 17.0. The number of para-hydroxylation sites is 1. The van der Waals surface area contributed by atoms with Crippen LogP contribution >= 0.6 is 12.2 Å². The zero-order valence-electron chi connectivity index (χ0n) is 16.2. The summed E-state index contributed by atoms with van der Waals surface area (Å²) in [5.41, 5.74) is 3.85. The lowest BCUT2D eigenvalue weighted by atomic mass is 9.81. The van der Waals surface area contributed by atoms with Crippen LogP contribution in [0.3, 0.4) is 0 Å². The number of benzene rings is 3. The molecule has 3 aromatic carbocycles. The highest BCUT2D eigenvalue weighted by Crippen LogP contribution is 2.48. The molecule has 0 bridgehead atoms. The molecule has 0 aromatic heterocycles. The highest BCUT2D eigenvalue weighted by atomic mass is 32.1. The maximum Gasteiger partial charge on any atom is 0.255 e. The van der Waals surface area contributed by atoms with E-state index in [0.717, 1.165) is 28.1 Å². The van der Waals surface area contributed by atoms with Gasteiger partial charge < -0.3 is 5.32 Å². The van der Waals surface area contributed by atoms with Crippen LogP contribution in [0.5, 0.6) is 0 Å². The number of halogens is 1. The quantitative estimate of drug-likeness (QED) is 0.602. The van der Waals surface area contributed by atoms with Gasteiger partial charge in [0, 0.05) is 23.4 Å². The van der Waals surface area contributed by atoms with Crippen molar-refractivity contribution in [1.82, 2.24) is 0 Å². The molecule has 1 spiro atoms. The standard InChI is InChI=1S/C24H18FN3OS/c1-15-7-12-19-20(13-15)26-22(29)24(19)14-21(16-8-10-17(25)11-9-16)27-23(30)28(24)18-5-3-2-4-6-18/h2-13H,14H2,1H3,(H,26,29)/t24-/m1/s1. The number of anilines is 2. The predicted molar refractivity (Wildman–Crippen MR) is 121 cm³/mol. The van der Waals surface area contributed by atoms with Crippen molar-refractivity contribution in [2.24, 2.45) is 4.99 Å². The average molecular weight is 415 g/mol. The summed E-state index contributed by atoms with van der Waals surface area (Å²) in [7, 11) is 0. The zero-order chi connectivity index (χ0) is 20.9. The number of thiocarbonyl (C=S) groups is 1. The Bertz CT molecular complexity index is 1210. The molecule has 0 saturated carbocycles. The van der Waals surface area contributed by atoms with Crippen LogP contribution in [0.1, 0.15) is 23.1 Å². The number of hydrogen-bond donors (Lipinski definition) is 1. The number of hydrogen-bond acceptors (Lipinski definition) is 2. The lowest BCUT2D eigenvalue weighted by Crippen LogP contribution is -2.57. The van der Waals surface area contributed by atoms with E-state index >= 15 is 0 Å². The Morgan fingerprint density at radius 2 is 1.80 bits per heavy atom. The van der Waals surface area contributed by atoms with E-state index in [0.29, 0.717) is 17.2 Å². The van der Waals surface area contributed by atoms with E-state index in [1.807, 2.05) is 60.4 Å². The van der Waals surface area contributed by atoms with E-state index in [4.69, 9.17) is 12.2 Å². The summed E-state index contributed by atoms with van der Waals surface area (Å²) < 4.78 is 13.5. The van der Waals surface area contributed by atoms with Crippen molar-refractivity contribution in [3.8, 4) is 0 Å². The van der Waals surface area contributed by atoms with Crippen LogP contribution in [0.15, 0.2) is 77.8 Å². The van der Waals surface area contributed by atoms with Crippen molar-refractivity contribution >= 4 is 40.3 Å². The SMILES string of the molecule is Cc1ccc2c(c1)NC(=O)[C@@]21CC(c2ccc(F)cc2)=NC(=S)N1c1ccccc1. The van der Waals surface area contributed by atoms with Gasteiger partial charge in [0.05, 0.1) is 5.71 Å². The average Bonchev–Trinajstić information content (AvgIpc) is 2.99. The molecule has 148 valence electrons. The van der Waals surface area contributed by atoms with Crippen LogP contribution in [0.4, 0.5) is 15.8 Å². The number of carbonyl (C=O) groups is 1. The van der Waals surface area contributed by atoms with E-state index in [-0.39, 0.29) is 11.7 Å². The third kappa shape index (κ3) is 2.75. The highest BCUT2D eigenvalue weighted by molar-refractivity contribution is 7.80. The molecule has 1 N–H and O–H groups in total. The normalized spacial score (nSPS) is 20.2. The fraction of sp³-hybridized carbons (Fsp3) is 0.125. The minimum atomic E-state index is -1.06. The van der Waals surface area contributed by atoms with E-state index in [1.165, 1.54) is 12.1 Å². The van der Waals surface area contributed by atoms with Gasteiger partial charge >= 0.3 is 0 Å². The second-order valence-corrected chi connectivity index (χ2v) is 7.92. The number of rotatable bonds is 2. The van der Waals surface area contributed by atoms with Crippen molar-refractivity contribution in [2.45, 2.75) is 18.9 Å². The maximum atomic E-state index is 13.6. The maximum absolute atomic E-state index is 13.6. The second-order valence-electron chi connectivity index (χ2n) is 7.56. The van der Waals surface area contributed by atoms with Gasteiger partial charge in [0.25, 0.3) is 5.91 Å². The van der Waals surface area contributed by atoms with E-state index in [2.05, 4.69) is 10.3 Å². The monoisotopic (exact) mass is 415 g/mol. The molecule has 6 heteroatoms. The second kappa shape index (κ2) is 6.85. The summed E-state index contributed by atoms with van der Waals surface area (Å²) in [4.78, 5) is 20.0. The van der Waals surface area contributed by atoms with Gasteiger partial charge in [-0.05, 0) is 60.6 Å². The first-order chi connectivity index (χ1) is 14.5. The van der Waals surface area contributed by atoms with Gasteiger partial charge in [-0.2, -0.15) is 0 Å². The molecule has 3 aromatic rings. The largest absolute Gasteiger partial charge is 0.323 e. The third-order valence-corrected chi connectivity index (χ3v) is 5.94. The van der Waals surface area contributed by atoms with Crippen molar-refractivity contribution in [3.63, 3.8) is 0 Å². The number of aryl methyl sites for hydroxylation is 1.